The summed E-state index contributed by atoms with van der Waals surface area (Å²) in [5.74, 6) is 1.79. The maximum absolute atomic E-state index is 12.4. The fraction of sp³-hybridized carbons (Fsp3) is 0.618. The molecule has 1 aromatic carbocycles. The lowest BCUT2D eigenvalue weighted by atomic mass is 10.1. The van der Waals surface area contributed by atoms with Gasteiger partial charge in [0.2, 0.25) is 0 Å². The highest BCUT2D eigenvalue weighted by Gasteiger charge is 2.20. The number of carbonyl (C=O) groups is 1. The Hall–Kier alpha value is -3.01. The Morgan fingerprint density at radius 1 is 0.767 bits per heavy atom. The molecule has 0 saturated heterocycles. The highest BCUT2D eigenvalue weighted by Crippen LogP contribution is 2.22. The smallest absolute Gasteiger partial charge is 0.307 e. The quantitative estimate of drug-likeness (QED) is 0.0980. The molecule has 9 heteroatoms. The summed E-state index contributed by atoms with van der Waals surface area (Å²) in [6, 6.07) is 9.02. The van der Waals surface area contributed by atoms with Crippen LogP contribution in [-0.2, 0) is 29.2 Å². The normalized spacial score (nSPS) is 12.4. The molecule has 2 heterocycles. The van der Waals surface area contributed by atoms with Gasteiger partial charge in [0.25, 0.3) is 0 Å². The monoisotopic (exact) mass is 593 g/mol. The number of rotatable bonds is 23. The number of benzene rings is 1. The van der Waals surface area contributed by atoms with Crippen LogP contribution in [0.25, 0.3) is 0 Å². The Balaban J connectivity index is 1.60. The first-order valence-electron chi connectivity index (χ1n) is 16.4. The van der Waals surface area contributed by atoms with Crippen LogP contribution in [0.3, 0.4) is 0 Å². The summed E-state index contributed by atoms with van der Waals surface area (Å²) in [6.45, 7) is 16.8. The number of hydrogen-bond acceptors (Lipinski definition) is 7. The predicted molar refractivity (Wildman–Crippen MR) is 173 cm³/mol. The minimum Gasteiger partial charge on any atom is -0.466 e. The Kier molecular flexibility index (Phi) is 16.1. The van der Waals surface area contributed by atoms with Crippen molar-refractivity contribution in [3.8, 4) is 0 Å². The molecule has 0 bridgehead atoms. The van der Waals surface area contributed by atoms with Crippen LogP contribution in [0.4, 0.5) is 0 Å². The van der Waals surface area contributed by atoms with Crippen molar-refractivity contribution in [1.82, 2.24) is 34.6 Å². The third-order valence-electron chi connectivity index (χ3n) is 7.86. The lowest BCUT2D eigenvalue weighted by Crippen LogP contribution is -2.30. The molecule has 0 aliphatic rings. The SMILES string of the molecule is CCCCOC(=O)CCN(CCCCN(CCC)CCC)Cc1ccc(CN(Cc2ncc[nH]2)C(C)c2ncc[nH]2)cc1. The van der Waals surface area contributed by atoms with Crippen molar-refractivity contribution < 1.29 is 9.53 Å². The fourth-order valence-electron chi connectivity index (χ4n) is 5.39. The van der Waals surface area contributed by atoms with Crippen molar-refractivity contribution in [2.75, 3.05) is 39.3 Å². The van der Waals surface area contributed by atoms with Gasteiger partial charge in [-0.3, -0.25) is 14.6 Å². The summed E-state index contributed by atoms with van der Waals surface area (Å²) in [7, 11) is 0. The maximum Gasteiger partial charge on any atom is 0.307 e. The molecule has 1 atom stereocenters. The van der Waals surface area contributed by atoms with Crippen LogP contribution in [0.5, 0.6) is 0 Å². The van der Waals surface area contributed by atoms with E-state index in [0.717, 1.165) is 63.6 Å². The molecule has 2 aromatic heterocycles. The number of H-pyrrole nitrogens is 2. The number of ether oxygens (including phenoxy) is 1. The number of nitrogens with zero attached hydrogens (tertiary/aromatic N) is 5. The fourth-order valence-corrected chi connectivity index (χ4v) is 5.39. The second-order valence-corrected chi connectivity index (χ2v) is 11.6. The lowest BCUT2D eigenvalue weighted by molar-refractivity contribution is -0.144. The zero-order valence-electron chi connectivity index (χ0n) is 27.1. The van der Waals surface area contributed by atoms with E-state index in [1.807, 2.05) is 12.4 Å². The third-order valence-corrected chi connectivity index (χ3v) is 7.86. The number of aromatic amines is 2. The Bertz CT molecular complexity index is 1100. The number of esters is 1. The van der Waals surface area contributed by atoms with E-state index in [9.17, 15) is 4.79 Å². The average molecular weight is 594 g/mol. The second-order valence-electron chi connectivity index (χ2n) is 11.6. The molecule has 1 unspecified atom stereocenters. The minimum absolute atomic E-state index is 0.0896. The number of nitrogens with one attached hydrogen (secondary N) is 2. The van der Waals surface area contributed by atoms with Gasteiger partial charge in [-0.25, -0.2) is 9.97 Å². The highest BCUT2D eigenvalue weighted by molar-refractivity contribution is 5.69. The molecule has 9 nitrogen and oxygen atoms in total. The van der Waals surface area contributed by atoms with Crippen molar-refractivity contribution in [1.29, 1.82) is 0 Å². The maximum atomic E-state index is 12.4. The highest BCUT2D eigenvalue weighted by atomic mass is 16.5. The molecule has 3 aromatic rings. The van der Waals surface area contributed by atoms with Gasteiger partial charge in [-0.2, -0.15) is 0 Å². The molecule has 0 spiro atoms. The van der Waals surface area contributed by atoms with E-state index in [2.05, 4.69) is 86.6 Å². The molecule has 0 fully saturated rings. The zero-order chi connectivity index (χ0) is 30.7. The molecule has 0 aliphatic carbocycles. The first-order chi connectivity index (χ1) is 21.0. The van der Waals surface area contributed by atoms with E-state index < -0.39 is 0 Å². The number of carbonyl (C=O) groups excluding carboxylic acids is 1. The Labute approximate surface area is 259 Å². The van der Waals surface area contributed by atoms with Crippen LogP contribution >= 0.6 is 0 Å². The van der Waals surface area contributed by atoms with Gasteiger partial charge in [-0.15, -0.1) is 0 Å². The van der Waals surface area contributed by atoms with E-state index in [1.165, 1.54) is 43.5 Å². The molecule has 43 heavy (non-hydrogen) atoms. The number of imidazole rings is 2. The van der Waals surface area contributed by atoms with Crippen LogP contribution in [0, 0.1) is 0 Å². The molecular formula is C34H55N7O2. The van der Waals surface area contributed by atoms with Crippen molar-refractivity contribution in [2.45, 2.75) is 98.3 Å². The van der Waals surface area contributed by atoms with Gasteiger partial charge in [-0.1, -0.05) is 51.5 Å². The Morgan fingerprint density at radius 3 is 2.02 bits per heavy atom. The van der Waals surface area contributed by atoms with Gasteiger partial charge in [0.15, 0.2) is 0 Å². The summed E-state index contributed by atoms with van der Waals surface area (Å²) in [4.78, 5) is 35.2. The summed E-state index contributed by atoms with van der Waals surface area (Å²) in [5, 5.41) is 0. The first kappa shape index (κ1) is 34.5. The molecule has 0 radical (unpaired) electrons. The predicted octanol–water partition coefficient (Wildman–Crippen LogP) is 6.33. The summed E-state index contributed by atoms with van der Waals surface area (Å²) in [5.41, 5.74) is 2.50. The average Bonchev–Trinajstić information content (AvgIpc) is 3.74. The van der Waals surface area contributed by atoms with E-state index >= 15 is 0 Å². The van der Waals surface area contributed by atoms with Crippen LogP contribution in [0.2, 0.25) is 0 Å². The molecule has 2 N–H and O–H groups in total. The van der Waals surface area contributed by atoms with Gasteiger partial charge in [-0.05, 0) is 76.3 Å². The minimum atomic E-state index is -0.0896. The van der Waals surface area contributed by atoms with Crippen LogP contribution in [0.1, 0.15) is 101 Å². The van der Waals surface area contributed by atoms with Gasteiger partial charge in [0, 0.05) is 44.4 Å². The Morgan fingerprint density at radius 2 is 1.42 bits per heavy atom. The molecule has 238 valence electrons. The summed E-state index contributed by atoms with van der Waals surface area (Å²) in [6.07, 6.45) is 14.4. The van der Waals surface area contributed by atoms with Gasteiger partial charge in [0.05, 0.1) is 25.6 Å². The molecule has 0 amide bonds. The third kappa shape index (κ3) is 13.0. The topological polar surface area (TPSA) is 93.4 Å². The second kappa shape index (κ2) is 20.0. The van der Waals surface area contributed by atoms with Crippen molar-refractivity contribution in [3.05, 3.63) is 71.8 Å². The van der Waals surface area contributed by atoms with E-state index in [0.29, 0.717) is 19.6 Å². The summed E-state index contributed by atoms with van der Waals surface area (Å²) >= 11 is 0. The van der Waals surface area contributed by atoms with E-state index in [1.54, 1.807) is 12.4 Å². The molecular weight excluding hydrogens is 538 g/mol. The van der Waals surface area contributed by atoms with Crippen LogP contribution in [-0.4, -0.2) is 79.9 Å². The summed E-state index contributed by atoms with van der Waals surface area (Å²) < 4.78 is 5.44. The molecule has 0 aliphatic heterocycles. The number of hydrogen-bond donors (Lipinski definition) is 2. The largest absolute Gasteiger partial charge is 0.466 e. The standard InChI is InChI=1S/C34H55N7O2/c1-5-8-25-43-33(42)15-24-40(23-10-9-22-39(20-6-2)21-7-3)26-30-11-13-31(14-12-30)27-41(28-32-35-16-17-36-32)29(4)34-37-18-19-38-34/h11-14,16-19,29H,5-10,15,20-28H2,1-4H3,(H,35,36)(H,37,38). The van der Waals surface area contributed by atoms with Crippen molar-refractivity contribution >= 4 is 5.97 Å². The van der Waals surface area contributed by atoms with Crippen LogP contribution < -0.4 is 0 Å². The van der Waals surface area contributed by atoms with Crippen molar-refractivity contribution in [2.24, 2.45) is 0 Å². The first-order valence-corrected chi connectivity index (χ1v) is 16.4. The number of unbranched alkanes of at least 4 members (excludes halogenated alkanes) is 2. The zero-order valence-corrected chi connectivity index (χ0v) is 27.1. The van der Waals surface area contributed by atoms with Gasteiger partial charge in [0.1, 0.15) is 11.6 Å². The van der Waals surface area contributed by atoms with Crippen LogP contribution in [0.15, 0.2) is 49.1 Å². The van der Waals surface area contributed by atoms with Gasteiger partial charge < -0.3 is 19.6 Å². The van der Waals surface area contributed by atoms with Gasteiger partial charge >= 0.3 is 5.97 Å². The van der Waals surface area contributed by atoms with E-state index in [-0.39, 0.29) is 12.0 Å². The number of aromatic nitrogens is 4. The molecule has 0 saturated carbocycles. The van der Waals surface area contributed by atoms with Crippen molar-refractivity contribution in [3.63, 3.8) is 0 Å². The molecule has 3 rings (SSSR count). The lowest BCUT2D eigenvalue weighted by Gasteiger charge is -2.27. The van der Waals surface area contributed by atoms with E-state index in [4.69, 9.17) is 4.74 Å².